The number of benzene rings is 1. The molecule has 1 heteroatoms. The van der Waals surface area contributed by atoms with E-state index in [0.29, 0.717) is 0 Å². The summed E-state index contributed by atoms with van der Waals surface area (Å²) in [6.45, 7) is 8.78. The average molecular weight is 191 g/mol. The van der Waals surface area contributed by atoms with Gasteiger partial charge < -0.3 is 5.32 Å². The van der Waals surface area contributed by atoms with Gasteiger partial charge in [-0.15, -0.1) is 0 Å². The van der Waals surface area contributed by atoms with Crippen LogP contribution in [0.15, 0.2) is 18.2 Å². The van der Waals surface area contributed by atoms with Crippen molar-refractivity contribution in [3.63, 3.8) is 0 Å². The van der Waals surface area contributed by atoms with E-state index in [-0.39, 0.29) is 5.54 Å². The molecular weight excluding hydrogens is 170 g/mol. The second-order valence-corrected chi connectivity index (χ2v) is 4.73. The maximum absolute atomic E-state index is 3.32. The van der Waals surface area contributed by atoms with Gasteiger partial charge in [-0.25, -0.2) is 0 Å². The smallest absolute Gasteiger partial charge is 0.0162 e. The Hall–Kier alpha value is -0.820. The SMILES string of the molecule is CNC(C)(C)Cc1ccc(C)c(C)c1. The number of nitrogens with one attached hydrogen (secondary N) is 1. The molecule has 0 amide bonds. The molecule has 1 nitrogen and oxygen atoms in total. The summed E-state index contributed by atoms with van der Waals surface area (Å²) in [5.41, 5.74) is 4.35. The quantitative estimate of drug-likeness (QED) is 0.774. The van der Waals surface area contributed by atoms with Gasteiger partial charge in [0.05, 0.1) is 0 Å². The van der Waals surface area contributed by atoms with Crippen molar-refractivity contribution < 1.29 is 0 Å². The third kappa shape index (κ3) is 2.85. The number of aryl methyl sites for hydroxylation is 2. The first-order valence-corrected chi connectivity index (χ1v) is 5.20. The van der Waals surface area contributed by atoms with E-state index in [1.54, 1.807) is 0 Å². The summed E-state index contributed by atoms with van der Waals surface area (Å²) in [6.07, 6.45) is 1.07. The topological polar surface area (TPSA) is 12.0 Å². The Morgan fingerprint density at radius 2 is 1.79 bits per heavy atom. The average Bonchev–Trinajstić information content (AvgIpc) is 2.11. The summed E-state index contributed by atoms with van der Waals surface area (Å²) in [7, 11) is 2.01. The van der Waals surface area contributed by atoms with Crippen molar-refractivity contribution >= 4 is 0 Å². The van der Waals surface area contributed by atoms with Crippen LogP contribution in [0.1, 0.15) is 30.5 Å². The Morgan fingerprint density at radius 3 is 2.29 bits per heavy atom. The van der Waals surface area contributed by atoms with E-state index in [4.69, 9.17) is 0 Å². The molecule has 0 heterocycles. The summed E-state index contributed by atoms with van der Waals surface area (Å²) in [5, 5.41) is 3.32. The molecule has 0 atom stereocenters. The number of hydrogen-bond donors (Lipinski definition) is 1. The number of likely N-dealkylation sites (N-methyl/N-ethyl adjacent to an activating group) is 1. The molecule has 0 radical (unpaired) electrons. The van der Waals surface area contributed by atoms with Crippen molar-refractivity contribution in [2.75, 3.05) is 7.05 Å². The molecule has 0 fully saturated rings. The second-order valence-electron chi connectivity index (χ2n) is 4.73. The fourth-order valence-corrected chi connectivity index (χ4v) is 1.51. The molecule has 14 heavy (non-hydrogen) atoms. The van der Waals surface area contributed by atoms with Crippen molar-refractivity contribution in [2.24, 2.45) is 0 Å². The van der Waals surface area contributed by atoms with Crippen LogP contribution in [0.3, 0.4) is 0 Å². The zero-order valence-corrected chi connectivity index (χ0v) is 9.94. The van der Waals surface area contributed by atoms with Gasteiger partial charge in [-0.1, -0.05) is 18.2 Å². The Morgan fingerprint density at radius 1 is 1.14 bits per heavy atom. The Labute approximate surface area is 87.5 Å². The van der Waals surface area contributed by atoms with E-state index in [9.17, 15) is 0 Å². The highest BCUT2D eigenvalue weighted by molar-refractivity contribution is 5.30. The first-order chi connectivity index (χ1) is 6.44. The molecule has 0 aromatic heterocycles. The van der Waals surface area contributed by atoms with Crippen molar-refractivity contribution in [2.45, 2.75) is 39.7 Å². The molecule has 1 aromatic carbocycles. The van der Waals surface area contributed by atoms with Crippen LogP contribution in [0.4, 0.5) is 0 Å². The predicted octanol–water partition coefficient (Wildman–Crippen LogP) is 2.84. The molecule has 0 spiro atoms. The van der Waals surface area contributed by atoms with Crippen molar-refractivity contribution in [1.82, 2.24) is 5.32 Å². The van der Waals surface area contributed by atoms with E-state index < -0.39 is 0 Å². The van der Waals surface area contributed by atoms with Crippen molar-refractivity contribution in [1.29, 1.82) is 0 Å². The highest BCUT2D eigenvalue weighted by Crippen LogP contribution is 2.15. The normalized spacial score (nSPS) is 11.8. The molecule has 0 aliphatic rings. The van der Waals surface area contributed by atoms with Crippen molar-refractivity contribution in [3.8, 4) is 0 Å². The fourth-order valence-electron chi connectivity index (χ4n) is 1.51. The van der Waals surface area contributed by atoms with Crippen LogP contribution < -0.4 is 5.32 Å². The van der Waals surface area contributed by atoms with E-state index in [2.05, 4.69) is 51.2 Å². The lowest BCUT2D eigenvalue weighted by Gasteiger charge is -2.24. The third-order valence-corrected chi connectivity index (χ3v) is 2.89. The summed E-state index contributed by atoms with van der Waals surface area (Å²) in [4.78, 5) is 0. The van der Waals surface area contributed by atoms with Gasteiger partial charge in [0, 0.05) is 5.54 Å². The van der Waals surface area contributed by atoms with Gasteiger partial charge in [-0.3, -0.25) is 0 Å². The standard InChI is InChI=1S/C13H21N/c1-10-6-7-12(8-11(10)2)9-13(3,4)14-5/h6-8,14H,9H2,1-5H3. The maximum atomic E-state index is 3.32. The molecule has 1 N–H and O–H groups in total. The van der Waals surface area contributed by atoms with Gasteiger partial charge in [0.25, 0.3) is 0 Å². The first kappa shape index (κ1) is 11.3. The maximum Gasteiger partial charge on any atom is 0.0162 e. The van der Waals surface area contributed by atoms with E-state index in [0.717, 1.165) is 6.42 Å². The summed E-state index contributed by atoms with van der Waals surface area (Å²) in [5.74, 6) is 0. The van der Waals surface area contributed by atoms with Gasteiger partial charge in [0.1, 0.15) is 0 Å². The molecule has 1 aromatic rings. The van der Waals surface area contributed by atoms with Crippen molar-refractivity contribution in [3.05, 3.63) is 34.9 Å². The van der Waals surface area contributed by atoms with E-state index in [1.807, 2.05) is 7.05 Å². The lowest BCUT2D eigenvalue weighted by atomic mass is 9.93. The third-order valence-electron chi connectivity index (χ3n) is 2.89. The minimum Gasteiger partial charge on any atom is -0.314 e. The summed E-state index contributed by atoms with van der Waals surface area (Å²) < 4.78 is 0. The monoisotopic (exact) mass is 191 g/mol. The van der Waals surface area contributed by atoms with Gasteiger partial charge in [-0.2, -0.15) is 0 Å². The van der Waals surface area contributed by atoms with Crippen LogP contribution in [-0.4, -0.2) is 12.6 Å². The Bertz CT molecular complexity index is 313. The predicted molar refractivity (Wildman–Crippen MR) is 62.8 cm³/mol. The molecule has 0 aliphatic heterocycles. The zero-order chi connectivity index (χ0) is 10.8. The van der Waals surface area contributed by atoms with Crippen LogP contribution in [-0.2, 0) is 6.42 Å². The van der Waals surface area contributed by atoms with Gasteiger partial charge in [0.2, 0.25) is 0 Å². The number of rotatable bonds is 3. The lowest BCUT2D eigenvalue weighted by Crippen LogP contribution is -2.38. The fraction of sp³-hybridized carbons (Fsp3) is 0.538. The molecule has 0 saturated heterocycles. The molecular formula is C13H21N. The minimum atomic E-state index is 0.182. The largest absolute Gasteiger partial charge is 0.314 e. The molecule has 0 bridgehead atoms. The summed E-state index contributed by atoms with van der Waals surface area (Å²) in [6, 6.07) is 6.71. The first-order valence-electron chi connectivity index (χ1n) is 5.20. The number of hydrogen-bond acceptors (Lipinski definition) is 1. The Balaban J connectivity index is 2.83. The zero-order valence-electron chi connectivity index (χ0n) is 9.94. The van der Waals surface area contributed by atoms with E-state index >= 15 is 0 Å². The molecule has 0 saturated carbocycles. The molecule has 0 unspecified atom stereocenters. The van der Waals surface area contributed by atoms with E-state index in [1.165, 1.54) is 16.7 Å². The van der Waals surface area contributed by atoms with Gasteiger partial charge in [0.15, 0.2) is 0 Å². The van der Waals surface area contributed by atoms with Crippen LogP contribution in [0.25, 0.3) is 0 Å². The van der Waals surface area contributed by atoms with Gasteiger partial charge >= 0.3 is 0 Å². The Kier molecular flexibility index (Phi) is 3.33. The second kappa shape index (κ2) is 4.14. The molecule has 78 valence electrons. The van der Waals surface area contributed by atoms with Gasteiger partial charge in [-0.05, 0) is 57.9 Å². The lowest BCUT2D eigenvalue weighted by molar-refractivity contribution is 0.422. The van der Waals surface area contributed by atoms with Crippen LogP contribution in [0, 0.1) is 13.8 Å². The van der Waals surface area contributed by atoms with Crippen LogP contribution in [0.2, 0.25) is 0 Å². The minimum absolute atomic E-state index is 0.182. The van der Waals surface area contributed by atoms with Crippen LogP contribution >= 0.6 is 0 Å². The highest BCUT2D eigenvalue weighted by atomic mass is 14.9. The summed E-state index contributed by atoms with van der Waals surface area (Å²) >= 11 is 0. The molecule has 1 rings (SSSR count). The highest BCUT2D eigenvalue weighted by Gasteiger charge is 2.15. The van der Waals surface area contributed by atoms with Crippen LogP contribution in [0.5, 0.6) is 0 Å². The molecule has 0 aliphatic carbocycles.